The van der Waals surface area contributed by atoms with Gasteiger partial charge in [-0.15, -0.1) is 0 Å². The zero-order valence-electron chi connectivity index (χ0n) is 14.9. The highest BCUT2D eigenvalue weighted by Crippen LogP contribution is 2.29. The second-order valence-electron chi connectivity index (χ2n) is 6.72. The van der Waals surface area contributed by atoms with Gasteiger partial charge in [-0.05, 0) is 18.8 Å². The maximum Gasteiger partial charge on any atom is 0.328 e. The fourth-order valence-electron chi connectivity index (χ4n) is 3.35. The fraction of sp³-hybridized carbons (Fsp3) is 0.529. The fourth-order valence-corrected chi connectivity index (χ4v) is 3.35. The lowest BCUT2D eigenvalue weighted by molar-refractivity contribution is -0.132. The molecule has 1 aliphatic heterocycles. The Bertz CT molecular complexity index is 904. The molecule has 3 rings (SSSR count). The third-order valence-electron chi connectivity index (χ3n) is 5.06. The molecule has 2 N–H and O–H groups in total. The minimum Gasteiger partial charge on any atom is -0.385 e. The summed E-state index contributed by atoms with van der Waals surface area (Å²) in [5, 5.41) is 10.5. The lowest BCUT2D eigenvalue weighted by Crippen LogP contribution is -2.42. The summed E-state index contributed by atoms with van der Waals surface area (Å²) in [4.78, 5) is 44.3. The summed E-state index contributed by atoms with van der Waals surface area (Å²) in [5.74, 6) is 0.520. The number of aryl methyl sites for hydroxylation is 1. The Hall–Kier alpha value is -2.68. The molecule has 9 heteroatoms. The van der Waals surface area contributed by atoms with Crippen LogP contribution >= 0.6 is 0 Å². The molecule has 0 saturated carbocycles. The molecule has 0 aromatic carbocycles. The van der Waals surface area contributed by atoms with Gasteiger partial charge in [0.15, 0.2) is 0 Å². The van der Waals surface area contributed by atoms with Crippen molar-refractivity contribution < 1.29 is 9.90 Å². The van der Waals surface area contributed by atoms with E-state index in [2.05, 4.69) is 9.97 Å². The molecular weight excluding hydrogens is 338 g/mol. The normalized spacial score (nSPS) is 16.7. The average Bonchev–Trinajstić information content (AvgIpc) is 3.07. The highest BCUT2D eigenvalue weighted by atomic mass is 16.3. The van der Waals surface area contributed by atoms with Crippen molar-refractivity contribution in [1.29, 1.82) is 0 Å². The Morgan fingerprint density at radius 1 is 1.35 bits per heavy atom. The Morgan fingerprint density at radius 2 is 2.04 bits per heavy atom. The van der Waals surface area contributed by atoms with Crippen LogP contribution in [0.4, 0.5) is 0 Å². The third kappa shape index (κ3) is 3.48. The molecular formula is C17H23N5O4. The molecule has 3 heterocycles. The summed E-state index contributed by atoms with van der Waals surface area (Å²) in [5.41, 5.74) is -0.690. The van der Waals surface area contributed by atoms with E-state index in [0.717, 1.165) is 4.57 Å². The first kappa shape index (κ1) is 18.1. The molecule has 0 radical (unpaired) electrons. The maximum absolute atomic E-state index is 12.5. The van der Waals surface area contributed by atoms with Crippen LogP contribution in [0.15, 0.2) is 28.2 Å². The van der Waals surface area contributed by atoms with E-state index >= 15 is 0 Å². The van der Waals surface area contributed by atoms with Crippen molar-refractivity contribution in [2.24, 2.45) is 20.0 Å². The number of hydrogen-bond donors (Lipinski definition) is 2. The summed E-state index contributed by atoms with van der Waals surface area (Å²) in [6.45, 7) is 1.04. The number of nitrogens with one attached hydrogen (secondary N) is 1. The third-order valence-corrected chi connectivity index (χ3v) is 5.06. The predicted octanol–water partition coefficient (Wildman–Crippen LogP) is -0.678. The van der Waals surface area contributed by atoms with Gasteiger partial charge in [0.05, 0.1) is 6.42 Å². The van der Waals surface area contributed by atoms with Crippen molar-refractivity contribution >= 4 is 5.91 Å². The van der Waals surface area contributed by atoms with Gasteiger partial charge in [-0.25, -0.2) is 9.78 Å². The molecule has 26 heavy (non-hydrogen) atoms. The number of rotatable bonds is 4. The van der Waals surface area contributed by atoms with E-state index < -0.39 is 17.4 Å². The van der Waals surface area contributed by atoms with Gasteiger partial charge in [-0.1, -0.05) is 0 Å². The van der Waals surface area contributed by atoms with Gasteiger partial charge < -0.3 is 19.6 Å². The molecule has 0 bridgehead atoms. The number of hydrogen-bond acceptors (Lipinski definition) is 5. The quantitative estimate of drug-likeness (QED) is 0.749. The molecule has 0 unspecified atom stereocenters. The summed E-state index contributed by atoms with van der Waals surface area (Å²) in [7, 11) is 3.22. The lowest BCUT2D eigenvalue weighted by atomic mass is 9.90. The monoisotopic (exact) mass is 361 g/mol. The molecule has 0 spiro atoms. The number of likely N-dealkylation sites (tertiary alicyclic amines) is 1. The molecule has 2 aromatic rings. The largest absolute Gasteiger partial charge is 0.385 e. The van der Waals surface area contributed by atoms with Crippen LogP contribution in [0.25, 0.3) is 0 Å². The summed E-state index contributed by atoms with van der Waals surface area (Å²) >= 11 is 0. The highest BCUT2D eigenvalue weighted by Gasteiger charge is 2.30. The average molecular weight is 361 g/mol. The van der Waals surface area contributed by atoms with E-state index in [1.54, 1.807) is 21.9 Å². The number of imidazole rings is 1. The number of nitrogens with zero attached hydrogens (tertiary/aromatic N) is 4. The topological polar surface area (TPSA) is 113 Å². The summed E-state index contributed by atoms with van der Waals surface area (Å²) in [6.07, 6.45) is 5.39. The minimum atomic E-state index is -0.654. The van der Waals surface area contributed by atoms with E-state index in [-0.39, 0.29) is 23.8 Å². The second-order valence-corrected chi connectivity index (χ2v) is 6.72. The molecule has 9 nitrogen and oxygen atoms in total. The Morgan fingerprint density at radius 3 is 2.65 bits per heavy atom. The molecule has 1 aliphatic rings. The van der Waals surface area contributed by atoms with E-state index in [4.69, 9.17) is 0 Å². The number of carbonyl (C=O) groups excluding carboxylic acids is 1. The lowest BCUT2D eigenvalue weighted by Gasteiger charge is -2.34. The van der Waals surface area contributed by atoms with E-state index in [0.29, 0.717) is 31.8 Å². The van der Waals surface area contributed by atoms with Crippen LogP contribution in [-0.2, 0) is 25.3 Å². The number of aliphatic hydroxyl groups is 1. The Balaban J connectivity index is 1.60. The molecule has 1 saturated heterocycles. The van der Waals surface area contributed by atoms with Crippen LogP contribution in [0.1, 0.15) is 30.3 Å². The first-order valence-electron chi connectivity index (χ1n) is 8.59. The van der Waals surface area contributed by atoms with Gasteiger partial charge in [-0.2, -0.15) is 0 Å². The van der Waals surface area contributed by atoms with Crippen LogP contribution in [-0.4, -0.2) is 48.1 Å². The molecule has 140 valence electrons. The summed E-state index contributed by atoms with van der Waals surface area (Å²) < 4.78 is 2.76. The van der Waals surface area contributed by atoms with Crippen molar-refractivity contribution in [2.75, 3.05) is 13.1 Å². The summed E-state index contributed by atoms with van der Waals surface area (Å²) in [6, 6.07) is 0. The SMILES string of the molecule is Cn1ccnc1[C@@H](O)C1CCN(C(=O)Cc2c[nH]c(=O)n(C)c2=O)CC1. The number of aromatic amines is 1. The van der Waals surface area contributed by atoms with Crippen molar-refractivity contribution in [3.63, 3.8) is 0 Å². The van der Waals surface area contributed by atoms with Gasteiger partial charge in [0.2, 0.25) is 5.91 Å². The van der Waals surface area contributed by atoms with E-state index in [1.807, 2.05) is 7.05 Å². The highest BCUT2D eigenvalue weighted by molar-refractivity contribution is 5.78. The Labute approximate surface area is 149 Å². The van der Waals surface area contributed by atoms with E-state index in [9.17, 15) is 19.5 Å². The number of piperidine rings is 1. The van der Waals surface area contributed by atoms with Crippen LogP contribution in [0.2, 0.25) is 0 Å². The van der Waals surface area contributed by atoms with Gasteiger partial charge in [0.1, 0.15) is 11.9 Å². The van der Waals surface area contributed by atoms with Gasteiger partial charge in [0.25, 0.3) is 5.56 Å². The number of H-pyrrole nitrogens is 1. The van der Waals surface area contributed by atoms with Crippen LogP contribution < -0.4 is 11.2 Å². The van der Waals surface area contributed by atoms with Crippen LogP contribution in [0, 0.1) is 5.92 Å². The van der Waals surface area contributed by atoms with Crippen molar-refractivity contribution in [3.8, 4) is 0 Å². The van der Waals surface area contributed by atoms with Gasteiger partial charge in [-0.3, -0.25) is 14.2 Å². The minimum absolute atomic E-state index is 0.0427. The molecule has 1 amide bonds. The van der Waals surface area contributed by atoms with Crippen LogP contribution in [0.3, 0.4) is 0 Å². The van der Waals surface area contributed by atoms with Gasteiger partial charge >= 0.3 is 5.69 Å². The van der Waals surface area contributed by atoms with Crippen molar-refractivity contribution in [3.05, 3.63) is 50.8 Å². The zero-order chi connectivity index (χ0) is 18.8. The molecule has 1 atom stereocenters. The number of carbonyl (C=O) groups is 1. The number of aliphatic hydroxyl groups excluding tert-OH is 1. The second kappa shape index (κ2) is 7.28. The zero-order valence-corrected chi connectivity index (χ0v) is 14.9. The maximum atomic E-state index is 12.5. The first-order chi connectivity index (χ1) is 12.4. The van der Waals surface area contributed by atoms with Crippen LogP contribution in [0.5, 0.6) is 0 Å². The molecule has 2 aromatic heterocycles. The first-order valence-corrected chi connectivity index (χ1v) is 8.59. The number of aromatic nitrogens is 4. The predicted molar refractivity (Wildman–Crippen MR) is 93.5 cm³/mol. The van der Waals surface area contributed by atoms with Crippen molar-refractivity contribution in [1.82, 2.24) is 24.0 Å². The number of amides is 1. The molecule has 1 fully saturated rings. The van der Waals surface area contributed by atoms with Crippen molar-refractivity contribution in [2.45, 2.75) is 25.4 Å². The van der Waals surface area contributed by atoms with Gasteiger partial charge in [0, 0.05) is 51.3 Å². The standard InChI is InChI=1S/C17H23N5O4/c1-20-8-5-18-15(20)14(24)11-3-6-22(7-4-11)13(23)9-12-10-19-17(26)21(2)16(12)25/h5,8,10-11,14,24H,3-4,6-7,9H2,1-2H3,(H,19,26)/t14-/m0/s1. The smallest absolute Gasteiger partial charge is 0.328 e. The van der Waals surface area contributed by atoms with E-state index in [1.165, 1.54) is 13.2 Å². The Kier molecular flexibility index (Phi) is 5.08. The molecule has 0 aliphatic carbocycles.